The maximum absolute atomic E-state index is 12.3. The van der Waals surface area contributed by atoms with E-state index >= 15 is 0 Å². The van der Waals surface area contributed by atoms with E-state index < -0.39 is 0 Å². The maximum atomic E-state index is 12.3. The van der Waals surface area contributed by atoms with Crippen LogP contribution in [0.25, 0.3) is 0 Å². The number of ketones is 2. The van der Waals surface area contributed by atoms with Gasteiger partial charge in [-0.2, -0.15) is 0 Å². The number of carbonyl (C=O) groups is 2. The van der Waals surface area contributed by atoms with Crippen LogP contribution in [0.3, 0.4) is 0 Å². The highest BCUT2D eigenvalue weighted by atomic mass is 16.7. The molecule has 0 saturated heterocycles. The van der Waals surface area contributed by atoms with Crippen LogP contribution in [0.5, 0.6) is 0 Å². The van der Waals surface area contributed by atoms with Crippen LogP contribution >= 0.6 is 0 Å². The quantitative estimate of drug-likeness (QED) is 0.282. The average Bonchev–Trinajstić information content (AvgIpc) is 2.48. The molecule has 0 N–H and O–H groups in total. The molecule has 0 spiro atoms. The summed E-state index contributed by atoms with van der Waals surface area (Å²) in [5.41, 5.74) is 1.45. The second kappa shape index (κ2) is 8.34. The van der Waals surface area contributed by atoms with Crippen LogP contribution in [0, 0.1) is 4.91 Å². The Morgan fingerprint density at radius 2 is 1.62 bits per heavy atom. The number of carbonyl (C=O) groups excluding carboxylic acids is 2. The molecule has 1 aliphatic rings. The van der Waals surface area contributed by atoms with Gasteiger partial charge in [0, 0.05) is 16.7 Å². The molecule has 0 heterocycles. The number of Topliss-reactive ketones (excluding diaryl/α,β-unsaturated/α-hetero) is 2. The summed E-state index contributed by atoms with van der Waals surface area (Å²) in [6, 6.07) is 0. The number of allylic oxidation sites excluding steroid dienone is 3. The SMILES string of the molecule is COC1=C(C)C(=O)C(C)=C(CCCCCCON=O)C1=O. The summed E-state index contributed by atoms with van der Waals surface area (Å²) in [5.74, 6) is -0.140. The molecule has 6 heteroatoms. The first kappa shape index (κ1) is 17.1. The summed E-state index contributed by atoms with van der Waals surface area (Å²) in [6.07, 6.45) is 3.89. The summed E-state index contributed by atoms with van der Waals surface area (Å²) >= 11 is 0. The Labute approximate surface area is 124 Å². The highest BCUT2D eigenvalue weighted by Gasteiger charge is 2.30. The molecular weight excluding hydrogens is 274 g/mol. The van der Waals surface area contributed by atoms with E-state index in [0.717, 1.165) is 25.7 Å². The first-order valence-electron chi connectivity index (χ1n) is 7.03. The molecule has 0 amide bonds. The van der Waals surface area contributed by atoms with Crippen LogP contribution in [0.2, 0.25) is 0 Å². The molecule has 6 nitrogen and oxygen atoms in total. The number of ether oxygens (including phenoxy) is 1. The lowest BCUT2D eigenvalue weighted by Gasteiger charge is -2.19. The zero-order valence-corrected chi connectivity index (χ0v) is 12.7. The third kappa shape index (κ3) is 4.24. The second-order valence-electron chi connectivity index (χ2n) is 4.99. The molecule has 0 radical (unpaired) electrons. The van der Waals surface area contributed by atoms with Gasteiger partial charge >= 0.3 is 0 Å². The van der Waals surface area contributed by atoms with Gasteiger partial charge in [-0.3, -0.25) is 9.59 Å². The third-order valence-corrected chi connectivity index (χ3v) is 3.62. The summed E-state index contributed by atoms with van der Waals surface area (Å²) < 4.78 is 5.05. The minimum absolute atomic E-state index is 0.119. The minimum Gasteiger partial charge on any atom is -0.492 e. The molecular formula is C15H21NO5. The van der Waals surface area contributed by atoms with Crippen molar-refractivity contribution in [2.45, 2.75) is 46.0 Å². The van der Waals surface area contributed by atoms with Crippen LogP contribution in [0.1, 0.15) is 46.0 Å². The van der Waals surface area contributed by atoms with Crippen LogP contribution < -0.4 is 0 Å². The normalized spacial score (nSPS) is 15.6. The van der Waals surface area contributed by atoms with Gasteiger partial charge in [0.2, 0.25) is 5.78 Å². The van der Waals surface area contributed by atoms with Crippen molar-refractivity contribution in [1.29, 1.82) is 0 Å². The van der Waals surface area contributed by atoms with Crippen molar-refractivity contribution >= 4 is 11.6 Å². The van der Waals surface area contributed by atoms with Gasteiger partial charge in [0.15, 0.2) is 16.9 Å². The molecule has 116 valence electrons. The van der Waals surface area contributed by atoms with Crippen molar-refractivity contribution in [3.05, 3.63) is 27.4 Å². The van der Waals surface area contributed by atoms with Crippen molar-refractivity contribution in [1.82, 2.24) is 0 Å². The highest BCUT2D eigenvalue weighted by Crippen LogP contribution is 2.28. The third-order valence-electron chi connectivity index (χ3n) is 3.62. The van der Waals surface area contributed by atoms with Gasteiger partial charge in [-0.05, 0) is 39.5 Å². The number of hydrogen-bond acceptors (Lipinski definition) is 6. The monoisotopic (exact) mass is 295 g/mol. The van der Waals surface area contributed by atoms with E-state index in [9.17, 15) is 14.5 Å². The van der Waals surface area contributed by atoms with E-state index in [1.54, 1.807) is 13.8 Å². The van der Waals surface area contributed by atoms with Gasteiger partial charge < -0.3 is 9.57 Å². The number of unbranched alkanes of at least 4 members (excludes halogenated alkanes) is 3. The lowest BCUT2D eigenvalue weighted by Crippen LogP contribution is -2.23. The van der Waals surface area contributed by atoms with E-state index in [4.69, 9.17) is 4.74 Å². The Hall–Kier alpha value is -1.98. The first-order valence-corrected chi connectivity index (χ1v) is 7.03. The molecule has 0 saturated carbocycles. The molecule has 0 aliphatic heterocycles. The van der Waals surface area contributed by atoms with Crippen LogP contribution in [-0.4, -0.2) is 25.3 Å². The lowest BCUT2D eigenvalue weighted by atomic mass is 9.87. The zero-order valence-electron chi connectivity index (χ0n) is 12.7. The molecule has 0 aromatic carbocycles. The Bertz CT molecular complexity index is 490. The van der Waals surface area contributed by atoms with Crippen molar-refractivity contribution in [3.8, 4) is 0 Å². The van der Waals surface area contributed by atoms with Crippen molar-refractivity contribution in [2.24, 2.45) is 5.34 Å². The topological polar surface area (TPSA) is 82.0 Å². The Morgan fingerprint density at radius 1 is 0.952 bits per heavy atom. The number of nitrogens with zero attached hydrogens (tertiary/aromatic N) is 1. The van der Waals surface area contributed by atoms with Crippen molar-refractivity contribution in [2.75, 3.05) is 13.7 Å². The molecule has 21 heavy (non-hydrogen) atoms. The fourth-order valence-corrected chi connectivity index (χ4v) is 2.41. The smallest absolute Gasteiger partial charge is 0.224 e. The van der Waals surface area contributed by atoms with Gasteiger partial charge in [0.05, 0.1) is 7.11 Å². The largest absolute Gasteiger partial charge is 0.492 e. The summed E-state index contributed by atoms with van der Waals surface area (Å²) in [4.78, 5) is 38.4. The van der Waals surface area contributed by atoms with E-state index in [1.165, 1.54) is 7.11 Å². The van der Waals surface area contributed by atoms with Gasteiger partial charge in [0.1, 0.15) is 6.61 Å². The van der Waals surface area contributed by atoms with E-state index in [-0.39, 0.29) is 17.3 Å². The zero-order chi connectivity index (χ0) is 15.8. The number of methoxy groups -OCH3 is 1. The number of rotatable bonds is 9. The summed E-state index contributed by atoms with van der Waals surface area (Å²) in [6.45, 7) is 3.62. The Morgan fingerprint density at radius 3 is 2.24 bits per heavy atom. The standard InChI is InChI=1S/C15H21NO5/c1-10-12(8-6-4-5-7-9-21-16-19)14(18)15(20-3)11(2)13(10)17/h4-9H2,1-3H3. The lowest BCUT2D eigenvalue weighted by molar-refractivity contribution is -0.118. The fraction of sp³-hybridized carbons (Fsp3) is 0.600. The van der Waals surface area contributed by atoms with Gasteiger partial charge in [-0.1, -0.05) is 6.42 Å². The summed E-state index contributed by atoms with van der Waals surface area (Å²) in [5, 5.41) is 2.32. The minimum atomic E-state index is -0.180. The van der Waals surface area contributed by atoms with E-state index in [1.807, 2.05) is 0 Å². The number of hydrogen-bond donors (Lipinski definition) is 0. The first-order chi connectivity index (χ1) is 10.0. The molecule has 0 aromatic heterocycles. The van der Waals surface area contributed by atoms with Crippen LogP contribution in [-0.2, 0) is 19.2 Å². The van der Waals surface area contributed by atoms with E-state index in [0.29, 0.717) is 29.7 Å². The molecule has 0 atom stereocenters. The van der Waals surface area contributed by atoms with Gasteiger partial charge in [-0.25, -0.2) is 0 Å². The fourth-order valence-electron chi connectivity index (χ4n) is 2.41. The molecule has 0 unspecified atom stereocenters. The average molecular weight is 295 g/mol. The molecule has 0 fully saturated rings. The molecule has 0 aromatic rings. The second-order valence-corrected chi connectivity index (χ2v) is 4.99. The van der Waals surface area contributed by atoms with E-state index in [2.05, 4.69) is 10.2 Å². The molecule has 1 rings (SSSR count). The predicted molar refractivity (Wildman–Crippen MR) is 77.3 cm³/mol. The van der Waals surface area contributed by atoms with Crippen LogP contribution in [0.4, 0.5) is 0 Å². The van der Waals surface area contributed by atoms with Gasteiger partial charge in [0.25, 0.3) is 0 Å². The predicted octanol–water partition coefficient (Wildman–Crippen LogP) is 3.02. The molecule has 1 aliphatic carbocycles. The van der Waals surface area contributed by atoms with Crippen molar-refractivity contribution < 1.29 is 19.2 Å². The molecule has 0 bridgehead atoms. The summed E-state index contributed by atoms with van der Waals surface area (Å²) in [7, 11) is 1.41. The highest BCUT2D eigenvalue weighted by molar-refractivity contribution is 6.23. The maximum Gasteiger partial charge on any atom is 0.224 e. The van der Waals surface area contributed by atoms with Crippen LogP contribution in [0.15, 0.2) is 27.8 Å². The Kier molecular flexibility index (Phi) is 6.78. The Balaban J connectivity index is 2.52. The van der Waals surface area contributed by atoms with Gasteiger partial charge in [-0.15, -0.1) is 4.91 Å². The van der Waals surface area contributed by atoms with Crippen molar-refractivity contribution in [3.63, 3.8) is 0 Å².